The molecule has 1 aromatic heterocycles. The van der Waals surface area contributed by atoms with Gasteiger partial charge in [-0.3, -0.25) is 0 Å². The van der Waals surface area contributed by atoms with Gasteiger partial charge in [-0.1, -0.05) is 5.10 Å². The summed E-state index contributed by atoms with van der Waals surface area (Å²) in [6.07, 6.45) is 0. The van der Waals surface area contributed by atoms with Gasteiger partial charge < -0.3 is 59.4 Å². The van der Waals surface area contributed by atoms with Gasteiger partial charge in [0.25, 0.3) is 0 Å². The topological polar surface area (TPSA) is 48.0 Å². The van der Waals surface area contributed by atoms with Crippen molar-refractivity contribution in [3.63, 3.8) is 0 Å². The fourth-order valence-corrected chi connectivity index (χ4v) is 2.29. The average Bonchev–Trinajstić information content (AvgIpc) is 2.78. The number of halogens is 4. The van der Waals surface area contributed by atoms with Crippen molar-refractivity contribution in [3.05, 3.63) is 24.3 Å². The van der Waals surface area contributed by atoms with Crippen LogP contribution in [0, 0.1) is 0 Å². The summed E-state index contributed by atoms with van der Waals surface area (Å²) < 4.78 is 1.73. The van der Waals surface area contributed by atoms with E-state index in [4.69, 9.17) is 0 Å². The Bertz CT molecular complexity index is 621. The molecule has 12 heteroatoms. The van der Waals surface area contributed by atoms with Gasteiger partial charge >= 0.3 is 24.6 Å². The molecule has 0 radical (unpaired) electrons. The number of aryl methyl sites for hydroxylation is 1. The number of benzene rings is 1. The molecule has 138 valence electrons. The van der Waals surface area contributed by atoms with E-state index in [1.54, 1.807) is 4.68 Å². The first kappa shape index (κ1) is 32.4. The van der Waals surface area contributed by atoms with E-state index in [-0.39, 0.29) is 69.1 Å². The molecule has 0 saturated carbocycles. The van der Waals surface area contributed by atoms with Crippen LogP contribution in [0.25, 0.3) is 0 Å². The number of nitrogens with zero attached hydrogens (tertiary/aromatic N) is 6. The van der Waals surface area contributed by atoms with Crippen molar-refractivity contribution < 1.29 is 73.8 Å². The van der Waals surface area contributed by atoms with Crippen LogP contribution in [0.4, 0.5) is 21.6 Å². The molecule has 1 aromatic carbocycles. The zero-order valence-electron chi connectivity index (χ0n) is 14.6. The Morgan fingerprint density at radius 1 is 0.880 bits per heavy atom. The van der Waals surface area contributed by atoms with Gasteiger partial charge in [0.1, 0.15) is 12.7 Å². The third-order valence-electron chi connectivity index (χ3n) is 2.69. The van der Waals surface area contributed by atoms with Gasteiger partial charge in [-0.2, -0.15) is 0 Å². The zero-order chi connectivity index (χ0) is 14.7. The minimum Gasteiger partial charge on any atom is -1.00 e. The second kappa shape index (κ2) is 14.9. The molecule has 0 fully saturated rings. The summed E-state index contributed by atoms with van der Waals surface area (Å²) in [5, 5.41) is 14.5. The third-order valence-corrected chi connectivity index (χ3v) is 3.85. The molecule has 0 aliphatic carbocycles. The summed E-state index contributed by atoms with van der Waals surface area (Å²) in [7, 11) is 9.81. The summed E-state index contributed by atoms with van der Waals surface area (Å²) in [5.41, 5.74) is 1.97. The number of anilines is 2. The van der Waals surface area contributed by atoms with Crippen LogP contribution >= 0.6 is 11.3 Å². The van der Waals surface area contributed by atoms with Crippen LogP contribution in [0.1, 0.15) is 0 Å². The monoisotopic (exact) mass is 495 g/mol. The molecule has 6 nitrogen and oxygen atoms in total. The van der Waals surface area contributed by atoms with Crippen LogP contribution in [0.2, 0.25) is 0 Å². The summed E-state index contributed by atoms with van der Waals surface area (Å²) >= 11 is 1.50. The summed E-state index contributed by atoms with van der Waals surface area (Å²) in [6.45, 7) is 0. The van der Waals surface area contributed by atoms with Crippen LogP contribution in [-0.2, 0) is 26.5 Å². The summed E-state index contributed by atoms with van der Waals surface area (Å²) in [5.74, 6) is 0. The van der Waals surface area contributed by atoms with Gasteiger partial charge in [-0.05, 0) is 40.7 Å². The predicted molar refractivity (Wildman–Crippen MR) is 82.6 cm³/mol. The Kier molecular flexibility index (Phi) is 19.3. The first-order valence-electron chi connectivity index (χ1n) is 6.21. The SMILES string of the molecule is CN(C)c1ccc(N=Nc2sc(N(C)C)n[n+]2C)cc1.[Cl-].[Cl-].[Cl-].[Cl-].[Zn+2]. The molecule has 0 amide bonds. The van der Waals surface area contributed by atoms with Gasteiger partial charge in [0.2, 0.25) is 5.13 Å². The van der Waals surface area contributed by atoms with Crippen LogP contribution in [0.15, 0.2) is 34.5 Å². The maximum Gasteiger partial charge on any atom is 2.00 e. The molecule has 1 heterocycles. The molecule has 0 aliphatic rings. The van der Waals surface area contributed by atoms with E-state index < -0.39 is 0 Å². The van der Waals surface area contributed by atoms with Crippen molar-refractivity contribution in [1.82, 2.24) is 5.10 Å². The maximum atomic E-state index is 4.36. The van der Waals surface area contributed by atoms with Crippen molar-refractivity contribution in [1.29, 1.82) is 0 Å². The van der Waals surface area contributed by atoms with E-state index in [1.807, 2.05) is 69.3 Å². The van der Waals surface area contributed by atoms with Crippen LogP contribution in [0.5, 0.6) is 0 Å². The molecule has 0 unspecified atom stereocenters. The van der Waals surface area contributed by atoms with Crippen LogP contribution in [-0.4, -0.2) is 33.3 Å². The van der Waals surface area contributed by atoms with E-state index in [2.05, 4.69) is 15.3 Å². The molecule has 2 rings (SSSR count). The number of hydrogen-bond donors (Lipinski definition) is 0. The second-order valence-electron chi connectivity index (χ2n) is 4.80. The van der Waals surface area contributed by atoms with Gasteiger partial charge in [-0.25, -0.2) is 0 Å². The van der Waals surface area contributed by atoms with E-state index in [9.17, 15) is 0 Å². The minimum absolute atomic E-state index is 0. The van der Waals surface area contributed by atoms with Gasteiger partial charge in [0, 0.05) is 33.9 Å². The number of hydrogen-bond acceptors (Lipinski definition) is 6. The number of rotatable bonds is 4. The molecular weight excluding hydrogens is 479 g/mol. The van der Waals surface area contributed by atoms with Crippen molar-refractivity contribution >= 4 is 33.0 Å². The summed E-state index contributed by atoms with van der Waals surface area (Å²) in [6, 6.07) is 7.94. The number of aromatic nitrogens is 2. The smallest absolute Gasteiger partial charge is 1.00 e. The fraction of sp³-hybridized carbons (Fsp3) is 0.385. The third kappa shape index (κ3) is 9.31. The van der Waals surface area contributed by atoms with Crippen molar-refractivity contribution in [2.75, 3.05) is 38.0 Å². The van der Waals surface area contributed by atoms with E-state index >= 15 is 0 Å². The molecule has 0 aliphatic heterocycles. The van der Waals surface area contributed by atoms with Crippen molar-refractivity contribution in [2.45, 2.75) is 0 Å². The average molecular weight is 499 g/mol. The zero-order valence-corrected chi connectivity index (χ0v) is 21.4. The molecule has 0 bridgehead atoms. The van der Waals surface area contributed by atoms with Crippen molar-refractivity contribution in [2.24, 2.45) is 17.3 Å². The Labute approximate surface area is 190 Å². The molecule has 0 saturated heterocycles. The van der Waals surface area contributed by atoms with Crippen molar-refractivity contribution in [3.8, 4) is 0 Å². The summed E-state index contributed by atoms with van der Waals surface area (Å²) in [4.78, 5) is 4.00. The van der Waals surface area contributed by atoms with Gasteiger partial charge in [-0.15, -0.1) is 4.68 Å². The Morgan fingerprint density at radius 3 is 1.80 bits per heavy atom. The standard InChI is InChI=1S/C13H19N6S.4ClH.Zn/c1-17(2)11-8-6-10(7-9-11)14-15-12-19(5)16-13(20-12)18(3)4;;;;;/h6-9H,1-5H3;4*1H;/q+1;;;;;+2/p-4. The molecular formula is C13H19Cl4N6SZn-. The van der Waals surface area contributed by atoms with Gasteiger partial charge in [0.05, 0.1) is 5.11 Å². The van der Waals surface area contributed by atoms with E-state index in [1.165, 1.54) is 11.3 Å². The molecule has 0 atom stereocenters. The minimum atomic E-state index is 0. The first-order valence-corrected chi connectivity index (χ1v) is 7.02. The van der Waals surface area contributed by atoms with E-state index in [0.29, 0.717) is 0 Å². The normalized spacial score (nSPS) is 8.84. The largest absolute Gasteiger partial charge is 2.00 e. The number of azo groups is 1. The van der Waals surface area contributed by atoms with E-state index in [0.717, 1.165) is 21.6 Å². The Morgan fingerprint density at radius 2 is 1.40 bits per heavy atom. The van der Waals surface area contributed by atoms with Crippen LogP contribution in [0.3, 0.4) is 0 Å². The molecule has 0 N–H and O–H groups in total. The molecule has 25 heavy (non-hydrogen) atoms. The molecule has 0 spiro atoms. The van der Waals surface area contributed by atoms with Gasteiger partial charge in [0.15, 0.2) is 0 Å². The second-order valence-corrected chi connectivity index (χ2v) is 5.73. The quantitative estimate of drug-likeness (QED) is 0.239. The molecule has 2 aromatic rings. The fourth-order valence-electron chi connectivity index (χ4n) is 1.52. The Hall–Kier alpha value is -0.237. The first-order chi connectivity index (χ1) is 9.47. The predicted octanol–water partition coefficient (Wildman–Crippen LogP) is -9.47. The maximum absolute atomic E-state index is 4.36. The van der Waals surface area contributed by atoms with Crippen LogP contribution < -0.4 is 64.1 Å². The Balaban J connectivity index is -0.000000441.